The molecule has 2 aromatic rings. The second-order valence-corrected chi connectivity index (χ2v) is 5.41. The van der Waals surface area contributed by atoms with E-state index in [-0.39, 0.29) is 27.2 Å². The standard InChI is InChI=1S/C14H13F6N3O/c1-6-5-9(13(15,16)17)8(3)23(24)11(6)10-7(2)12(14(18,19)20)22(4)21-10/h5H,1-4H3. The molecule has 2 heterocycles. The van der Waals surface area contributed by atoms with E-state index in [0.29, 0.717) is 4.68 Å². The summed E-state index contributed by atoms with van der Waals surface area (Å²) in [5.74, 6) is 0. The fourth-order valence-corrected chi connectivity index (χ4v) is 2.65. The first-order valence-electron chi connectivity index (χ1n) is 6.69. The summed E-state index contributed by atoms with van der Waals surface area (Å²) in [6.07, 6.45) is -9.44. The van der Waals surface area contributed by atoms with Gasteiger partial charge in [0.05, 0.1) is 0 Å². The molecule has 0 saturated heterocycles. The van der Waals surface area contributed by atoms with Gasteiger partial charge in [-0.3, -0.25) is 4.68 Å². The first-order chi connectivity index (χ1) is 10.8. The van der Waals surface area contributed by atoms with Gasteiger partial charge in [0.1, 0.15) is 11.3 Å². The van der Waals surface area contributed by atoms with E-state index in [4.69, 9.17) is 0 Å². The molecule has 0 aromatic carbocycles. The molecule has 132 valence electrons. The molecular formula is C14H13F6N3O. The van der Waals surface area contributed by atoms with Crippen molar-refractivity contribution in [3.63, 3.8) is 0 Å². The number of nitrogens with zero attached hydrogens (tertiary/aromatic N) is 3. The molecule has 0 atom stereocenters. The van der Waals surface area contributed by atoms with Crippen LogP contribution in [-0.4, -0.2) is 9.78 Å². The topological polar surface area (TPSA) is 44.8 Å². The molecule has 0 saturated carbocycles. The predicted octanol–water partition coefficient (Wildman–Crippen LogP) is 3.68. The molecule has 0 aliphatic heterocycles. The lowest BCUT2D eigenvalue weighted by molar-refractivity contribution is -0.602. The van der Waals surface area contributed by atoms with Crippen LogP contribution in [0, 0.1) is 26.0 Å². The Morgan fingerprint density at radius 1 is 1.04 bits per heavy atom. The highest BCUT2D eigenvalue weighted by molar-refractivity contribution is 5.61. The lowest BCUT2D eigenvalue weighted by Crippen LogP contribution is -2.37. The Bertz CT molecular complexity index is 805. The third-order valence-electron chi connectivity index (χ3n) is 3.71. The number of aromatic nitrogens is 3. The lowest BCUT2D eigenvalue weighted by atomic mass is 10.0. The molecule has 0 fully saturated rings. The molecule has 0 unspecified atom stereocenters. The van der Waals surface area contributed by atoms with E-state index in [2.05, 4.69) is 5.10 Å². The average Bonchev–Trinajstić information content (AvgIpc) is 2.67. The summed E-state index contributed by atoms with van der Waals surface area (Å²) in [6, 6.07) is 0.737. The van der Waals surface area contributed by atoms with Gasteiger partial charge in [-0.2, -0.15) is 36.2 Å². The van der Waals surface area contributed by atoms with E-state index < -0.39 is 29.3 Å². The predicted molar refractivity (Wildman–Crippen MR) is 71.8 cm³/mol. The molecule has 0 amide bonds. The van der Waals surface area contributed by atoms with Crippen LogP contribution in [0.2, 0.25) is 0 Å². The van der Waals surface area contributed by atoms with Crippen molar-refractivity contribution in [2.45, 2.75) is 33.1 Å². The van der Waals surface area contributed by atoms with Gasteiger partial charge in [-0.15, -0.1) is 0 Å². The number of rotatable bonds is 1. The van der Waals surface area contributed by atoms with E-state index in [1.807, 2.05) is 0 Å². The normalized spacial score (nSPS) is 12.8. The number of hydrogen-bond donors (Lipinski definition) is 0. The zero-order valence-corrected chi connectivity index (χ0v) is 13.1. The van der Waals surface area contributed by atoms with Crippen molar-refractivity contribution in [2.24, 2.45) is 7.05 Å². The summed E-state index contributed by atoms with van der Waals surface area (Å²) < 4.78 is 78.5. The van der Waals surface area contributed by atoms with Crippen LogP contribution < -0.4 is 4.73 Å². The van der Waals surface area contributed by atoms with Gasteiger partial charge in [0.15, 0.2) is 5.69 Å². The quantitative estimate of drug-likeness (QED) is 0.446. The number of halogens is 6. The molecule has 24 heavy (non-hydrogen) atoms. The maximum absolute atomic E-state index is 13.0. The second-order valence-electron chi connectivity index (χ2n) is 5.41. The van der Waals surface area contributed by atoms with E-state index in [1.54, 1.807) is 0 Å². The van der Waals surface area contributed by atoms with Crippen molar-refractivity contribution in [2.75, 3.05) is 0 Å². The zero-order valence-electron chi connectivity index (χ0n) is 13.1. The third-order valence-corrected chi connectivity index (χ3v) is 3.71. The second kappa shape index (κ2) is 5.38. The number of hydrogen-bond acceptors (Lipinski definition) is 2. The Morgan fingerprint density at radius 3 is 2.00 bits per heavy atom. The Kier molecular flexibility index (Phi) is 4.06. The molecule has 0 aliphatic rings. The van der Waals surface area contributed by atoms with Crippen LogP contribution in [0.15, 0.2) is 6.07 Å². The number of pyridine rings is 1. The molecule has 0 spiro atoms. The monoisotopic (exact) mass is 353 g/mol. The van der Waals surface area contributed by atoms with Crippen LogP contribution >= 0.6 is 0 Å². The summed E-state index contributed by atoms with van der Waals surface area (Å²) >= 11 is 0. The van der Waals surface area contributed by atoms with E-state index in [0.717, 1.165) is 27.0 Å². The van der Waals surface area contributed by atoms with Gasteiger partial charge in [0, 0.05) is 25.1 Å². The van der Waals surface area contributed by atoms with Gasteiger partial charge < -0.3 is 5.21 Å². The zero-order chi connectivity index (χ0) is 18.6. The van der Waals surface area contributed by atoms with Crippen molar-refractivity contribution >= 4 is 0 Å². The Balaban J connectivity index is 2.79. The molecule has 4 nitrogen and oxygen atoms in total. The average molecular weight is 353 g/mol. The van der Waals surface area contributed by atoms with Crippen molar-refractivity contribution in [1.82, 2.24) is 9.78 Å². The van der Waals surface area contributed by atoms with Crippen molar-refractivity contribution in [3.05, 3.63) is 39.4 Å². The lowest BCUT2D eigenvalue weighted by Gasteiger charge is -2.14. The highest BCUT2D eigenvalue weighted by atomic mass is 19.4. The Hall–Kier alpha value is -2.26. The molecular weight excluding hydrogens is 340 g/mol. The number of alkyl halides is 6. The Morgan fingerprint density at radius 2 is 1.58 bits per heavy atom. The largest absolute Gasteiger partial charge is 0.618 e. The fourth-order valence-electron chi connectivity index (χ4n) is 2.65. The highest BCUT2D eigenvalue weighted by Crippen LogP contribution is 2.37. The summed E-state index contributed by atoms with van der Waals surface area (Å²) in [5, 5.41) is 16.0. The summed E-state index contributed by atoms with van der Waals surface area (Å²) in [6.45, 7) is 3.30. The summed E-state index contributed by atoms with van der Waals surface area (Å²) in [4.78, 5) is 0. The van der Waals surface area contributed by atoms with E-state index in [9.17, 15) is 31.5 Å². The van der Waals surface area contributed by atoms with Crippen LogP contribution in [0.5, 0.6) is 0 Å². The van der Waals surface area contributed by atoms with Gasteiger partial charge in [0.2, 0.25) is 11.4 Å². The minimum atomic E-state index is -4.74. The van der Waals surface area contributed by atoms with Crippen LogP contribution in [0.3, 0.4) is 0 Å². The van der Waals surface area contributed by atoms with E-state index >= 15 is 0 Å². The smallest absolute Gasteiger partial charge is 0.433 e. The van der Waals surface area contributed by atoms with Crippen LogP contribution in [0.25, 0.3) is 11.4 Å². The Labute approximate surface area is 132 Å². The molecule has 2 rings (SSSR count). The van der Waals surface area contributed by atoms with Gasteiger partial charge >= 0.3 is 12.4 Å². The maximum atomic E-state index is 13.0. The fraction of sp³-hybridized carbons (Fsp3) is 0.429. The van der Waals surface area contributed by atoms with Gasteiger partial charge in [0.25, 0.3) is 0 Å². The first kappa shape index (κ1) is 18.1. The maximum Gasteiger partial charge on any atom is 0.433 e. The summed E-state index contributed by atoms with van der Waals surface area (Å²) in [7, 11) is 1.06. The van der Waals surface area contributed by atoms with Gasteiger partial charge in [-0.25, -0.2) is 0 Å². The van der Waals surface area contributed by atoms with Crippen LogP contribution in [0.4, 0.5) is 26.3 Å². The van der Waals surface area contributed by atoms with E-state index in [1.165, 1.54) is 6.92 Å². The molecule has 0 aliphatic carbocycles. The van der Waals surface area contributed by atoms with Gasteiger partial charge in [-0.05, 0) is 19.9 Å². The molecule has 0 bridgehead atoms. The number of aryl methyl sites for hydroxylation is 2. The third kappa shape index (κ3) is 2.80. The van der Waals surface area contributed by atoms with Crippen molar-refractivity contribution in [3.8, 4) is 11.4 Å². The molecule has 2 aromatic heterocycles. The highest BCUT2D eigenvalue weighted by Gasteiger charge is 2.41. The first-order valence-corrected chi connectivity index (χ1v) is 6.69. The van der Waals surface area contributed by atoms with Crippen molar-refractivity contribution < 1.29 is 31.1 Å². The minimum absolute atomic E-state index is 0.0202. The van der Waals surface area contributed by atoms with Crippen LogP contribution in [0.1, 0.15) is 28.1 Å². The van der Waals surface area contributed by atoms with Gasteiger partial charge in [-0.1, -0.05) is 0 Å². The van der Waals surface area contributed by atoms with Crippen molar-refractivity contribution in [1.29, 1.82) is 0 Å². The summed E-state index contributed by atoms with van der Waals surface area (Å²) in [5.41, 5.74) is -3.91. The van der Waals surface area contributed by atoms with Crippen LogP contribution in [-0.2, 0) is 19.4 Å². The minimum Gasteiger partial charge on any atom is -0.618 e. The molecule has 0 radical (unpaired) electrons. The molecule has 10 heteroatoms. The molecule has 0 N–H and O–H groups in total. The SMILES string of the molecule is Cc1cc(C(F)(F)F)c(C)[n+]([O-])c1-c1nn(C)c(C(F)(F)F)c1C.